The molecule has 0 aliphatic rings. The number of methoxy groups -OCH3 is 1. The molecule has 3 aromatic rings. The molecule has 2 nitrogen and oxygen atoms in total. The van der Waals surface area contributed by atoms with Crippen LogP contribution in [0.2, 0.25) is 0 Å². The second kappa shape index (κ2) is 3.86. The number of fused-ring (bicyclic) bond motifs is 2. The summed E-state index contributed by atoms with van der Waals surface area (Å²) in [5.41, 5.74) is 0.0424. The summed E-state index contributed by atoms with van der Waals surface area (Å²) in [4.78, 5) is 12.1. The Labute approximate surface area is 102 Å². The van der Waals surface area contributed by atoms with E-state index in [0.717, 1.165) is 26.6 Å². The second-order valence-electron chi connectivity index (χ2n) is 3.79. The molecule has 3 rings (SSSR count). The molecule has 0 saturated carbocycles. The third-order valence-electron chi connectivity index (χ3n) is 2.83. The summed E-state index contributed by atoms with van der Waals surface area (Å²) in [5.74, 6) is 0.785. The maximum absolute atomic E-state index is 12.1. The maximum atomic E-state index is 12.1. The fraction of sp³-hybridized carbons (Fsp3) is 0.0714. The quantitative estimate of drug-likeness (QED) is 0.653. The van der Waals surface area contributed by atoms with Gasteiger partial charge in [-0.2, -0.15) is 0 Å². The summed E-state index contributed by atoms with van der Waals surface area (Å²) in [5, 5.41) is 4.54. The first-order valence-corrected chi connectivity index (χ1v) is 6.16. The van der Waals surface area contributed by atoms with Gasteiger partial charge >= 0.3 is 0 Å². The van der Waals surface area contributed by atoms with Crippen molar-refractivity contribution < 1.29 is 4.74 Å². The fourth-order valence-corrected chi connectivity index (χ4v) is 2.99. The van der Waals surface area contributed by atoms with Gasteiger partial charge in [-0.25, -0.2) is 0 Å². The van der Waals surface area contributed by atoms with Crippen LogP contribution in [-0.2, 0) is 0 Å². The minimum Gasteiger partial charge on any atom is -0.495 e. The van der Waals surface area contributed by atoms with E-state index in [-0.39, 0.29) is 5.43 Å². The van der Waals surface area contributed by atoms with Gasteiger partial charge in [0.2, 0.25) is 0 Å². The average Bonchev–Trinajstić information content (AvgIpc) is 2.77. The lowest BCUT2D eigenvalue weighted by Crippen LogP contribution is -1.92. The highest BCUT2D eigenvalue weighted by Gasteiger charge is 2.09. The van der Waals surface area contributed by atoms with Crippen molar-refractivity contribution in [1.82, 2.24) is 0 Å². The van der Waals surface area contributed by atoms with Gasteiger partial charge in [0.25, 0.3) is 0 Å². The topological polar surface area (TPSA) is 26.3 Å². The van der Waals surface area contributed by atoms with Crippen molar-refractivity contribution in [2.75, 3.05) is 7.11 Å². The van der Waals surface area contributed by atoms with E-state index in [2.05, 4.69) is 0 Å². The van der Waals surface area contributed by atoms with Crippen LogP contribution < -0.4 is 10.2 Å². The summed E-state index contributed by atoms with van der Waals surface area (Å²) in [6.07, 6.45) is 0. The summed E-state index contributed by atoms with van der Waals surface area (Å²) >= 11 is 1.54. The Bertz CT molecular complexity index is 759. The Balaban J connectivity index is 2.70. The van der Waals surface area contributed by atoms with Crippen molar-refractivity contribution in [2.45, 2.75) is 0 Å². The van der Waals surface area contributed by atoms with Crippen LogP contribution in [0.3, 0.4) is 0 Å². The Morgan fingerprint density at radius 2 is 1.94 bits per heavy atom. The van der Waals surface area contributed by atoms with Gasteiger partial charge in [-0.15, -0.1) is 11.3 Å². The molecule has 0 bridgehead atoms. The maximum Gasteiger partial charge on any atom is 0.188 e. The molecule has 2 aromatic carbocycles. The minimum absolute atomic E-state index is 0.0424. The molecule has 0 atom stereocenters. The third kappa shape index (κ3) is 1.51. The first-order chi connectivity index (χ1) is 8.31. The monoisotopic (exact) mass is 242 g/mol. The van der Waals surface area contributed by atoms with E-state index in [0.29, 0.717) is 0 Å². The number of benzene rings is 1. The third-order valence-corrected chi connectivity index (χ3v) is 3.75. The number of rotatable bonds is 1. The van der Waals surface area contributed by atoms with E-state index in [1.54, 1.807) is 13.2 Å². The normalized spacial score (nSPS) is 10.9. The first-order valence-electron chi connectivity index (χ1n) is 5.28. The summed E-state index contributed by atoms with van der Waals surface area (Å²) in [6, 6.07) is 11.3. The lowest BCUT2D eigenvalue weighted by molar-refractivity contribution is 0.425. The molecule has 0 unspecified atom stereocenters. The van der Waals surface area contributed by atoms with E-state index in [9.17, 15) is 4.79 Å². The van der Waals surface area contributed by atoms with E-state index in [1.807, 2.05) is 35.7 Å². The predicted molar refractivity (Wildman–Crippen MR) is 72.2 cm³/mol. The average molecular weight is 242 g/mol. The molecule has 0 aliphatic carbocycles. The first kappa shape index (κ1) is 10.3. The summed E-state index contributed by atoms with van der Waals surface area (Å²) < 4.78 is 6.40. The molecule has 17 heavy (non-hydrogen) atoms. The van der Waals surface area contributed by atoms with Gasteiger partial charge in [0.1, 0.15) is 5.75 Å². The highest BCUT2D eigenvalue weighted by molar-refractivity contribution is 7.17. The Hall–Kier alpha value is -1.87. The van der Waals surface area contributed by atoms with Crippen LogP contribution in [0.4, 0.5) is 0 Å². The molecule has 0 radical (unpaired) electrons. The van der Waals surface area contributed by atoms with Crippen LogP contribution in [-0.4, -0.2) is 7.11 Å². The van der Waals surface area contributed by atoms with Crippen LogP contribution in [0, 0.1) is 0 Å². The number of ether oxygens (including phenoxy) is 1. The molecule has 3 heteroatoms. The van der Waals surface area contributed by atoms with Crippen LogP contribution in [0.1, 0.15) is 0 Å². The smallest absolute Gasteiger partial charge is 0.188 e. The lowest BCUT2D eigenvalue weighted by atomic mass is 10.2. The molecule has 1 aromatic heterocycles. The van der Waals surface area contributed by atoms with Crippen LogP contribution in [0.15, 0.2) is 46.6 Å². The lowest BCUT2D eigenvalue weighted by Gasteiger charge is -2.01. The molecular weight excluding hydrogens is 232 g/mol. The highest BCUT2D eigenvalue weighted by Crippen LogP contribution is 2.33. The molecule has 0 aliphatic heterocycles. The second-order valence-corrected chi connectivity index (χ2v) is 4.71. The SMILES string of the molecule is COc1c2ccccc2cc(=O)c2ccsc12. The number of hydrogen-bond acceptors (Lipinski definition) is 3. The Kier molecular flexibility index (Phi) is 2.34. The predicted octanol–water partition coefficient (Wildman–Crippen LogP) is 3.42. The summed E-state index contributed by atoms with van der Waals surface area (Å²) in [7, 11) is 1.64. The molecule has 0 amide bonds. The van der Waals surface area contributed by atoms with Gasteiger partial charge in [0.05, 0.1) is 11.8 Å². The number of hydrogen-bond donors (Lipinski definition) is 0. The van der Waals surface area contributed by atoms with Crippen molar-refractivity contribution in [1.29, 1.82) is 0 Å². The van der Waals surface area contributed by atoms with Crippen molar-refractivity contribution in [3.8, 4) is 5.75 Å². The van der Waals surface area contributed by atoms with Gasteiger partial charge in [-0.05, 0) is 22.9 Å². The van der Waals surface area contributed by atoms with Crippen molar-refractivity contribution in [3.63, 3.8) is 0 Å². The van der Waals surface area contributed by atoms with E-state index >= 15 is 0 Å². The van der Waals surface area contributed by atoms with Crippen LogP contribution in [0.5, 0.6) is 5.75 Å². The van der Waals surface area contributed by atoms with Crippen molar-refractivity contribution in [2.24, 2.45) is 0 Å². The zero-order chi connectivity index (χ0) is 11.8. The highest BCUT2D eigenvalue weighted by atomic mass is 32.1. The zero-order valence-corrected chi connectivity index (χ0v) is 10.1. The molecule has 0 N–H and O–H groups in total. The minimum atomic E-state index is 0.0424. The van der Waals surface area contributed by atoms with E-state index < -0.39 is 0 Å². The van der Waals surface area contributed by atoms with Crippen LogP contribution in [0.25, 0.3) is 20.9 Å². The number of thiophene rings is 1. The summed E-state index contributed by atoms with van der Waals surface area (Å²) in [6.45, 7) is 0. The van der Waals surface area contributed by atoms with Crippen molar-refractivity contribution in [3.05, 3.63) is 52.0 Å². The Morgan fingerprint density at radius 3 is 2.76 bits per heavy atom. The molecule has 0 spiro atoms. The fourth-order valence-electron chi connectivity index (χ4n) is 2.05. The van der Waals surface area contributed by atoms with E-state index in [4.69, 9.17) is 4.74 Å². The molecule has 84 valence electrons. The Morgan fingerprint density at radius 1 is 1.12 bits per heavy atom. The largest absolute Gasteiger partial charge is 0.495 e. The van der Waals surface area contributed by atoms with Crippen LogP contribution >= 0.6 is 11.3 Å². The van der Waals surface area contributed by atoms with Gasteiger partial charge in [-0.3, -0.25) is 4.79 Å². The van der Waals surface area contributed by atoms with E-state index in [1.165, 1.54) is 11.3 Å². The van der Waals surface area contributed by atoms with Gasteiger partial charge in [0, 0.05) is 10.8 Å². The van der Waals surface area contributed by atoms with Crippen molar-refractivity contribution >= 4 is 32.2 Å². The van der Waals surface area contributed by atoms with Gasteiger partial charge in [0.15, 0.2) is 5.43 Å². The molecule has 1 heterocycles. The van der Waals surface area contributed by atoms with Gasteiger partial charge in [-0.1, -0.05) is 24.3 Å². The molecule has 0 fully saturated rings. The molecule has 0 saturated heterocycles. The van der Waals surface area contributed by atoms with Gasteiger partial charge < -0.3 is 4.74 Å². The zero-order valence-electron chi connectivity index (χ0n) is 9.27. The molecular formula is C14H10O2S. The standard InChI is InChI=1S/C14H10O2S/c1-16-13-10-5-3-2-4-9(10)8-12(15)11-6-7-17-14(11)13/h2-8H,1H3.